The van der Waals surface area contributed by atoms with Crippen molar-refractivity contribution in [1.82, 2.24) is 20.2 Å². The minimum atomic E-state index is -0.284. The molecule has 2 heterocycles. The van der Waals surface area contributed by atoms with Gasteiger partial charge in [-0.3, -0.25) is 0 Å². The van der Waals surface area contributed by atoms with Crippen molar-refractivity contribution in [2.24, 2.45) is 4.99 Å². The number of aromatic nitrogens is 2. The van der Waals surface area contributed by atoms with Gasteiger partial charge in [-0.1, -0.05) is 6.07 Å². The number of aryl methyl sites for hydroxylation is 1. The summed E-state index contributed by atoms with van der Waals surface area (Å²) in [5.74, 6) is 1.18. The van der Waals surface area contributed by atoms with Crippen molar-refractivity contribution >= 4 is 5.96 Å². The molecule has 27 heavy (non-hydrogen) atoms. The number of nitrogens with zero attached hydrogens (tertiary/aromatic N) is 3. The van der Waals surface area contributed by atoms with E-state index >= 15 is 0 Å². The number of guanidine groups is 1. The molecule has 1 saturated heterocycles. The first-order chi connectivity index (χ1) is 13.0. The summed E-state index contributed by atoms with van der Waals surface area (Å²) >= 11 is 0. The number of rotatable bonds is 6. The summed E-state index contributed by atoms with van der Waals surface area (Å²) in [6.07, 6.45) is 5.55. The molecule has 1 atom stereocenters. The minimum absolute atomic E-state index is 0.146. The van der Waals surface area contributed by atoms with E-state index < -0.39 is 0 Å². The largest absolute Gasteiger partial charge is 0.373 e. The highest BCUT2D eigenvalue weighted by molar-refractivity contribution is 5.79. The van der Waals surface area contributed by atoms with Crippen LogP contribution in [0.15, 0.2) is 35.6 Å². The van der Waals surface area contributed by atoms with E-state index in [4.69, 9.17) is 4.74 Å². The molecule has 0 aliphatic carbocycles. The number of nitrogens with one attached hydrogen (secondary N) is 2. The second kappa shape index (κ2) is 8.52. The van der Waals surface area contributed by atoms with E-state index in [1.165, 1.54) is 6.07 Å². The molecule has 7 heteroatoms. The number of benzene rings is 1. The molecule has 0 radical (unpaired) electrons. The fourth-order valence-electron chi connectivity index (χ4n) is 3.24. The van der Waals surface area contributed by atoms with Gasteiger partial charge in [0.2, 0.25) is 0 Å². The van der Waals surface area contributed by atoms with E-state index in [1.54, 1.807) is 23.0 Å². The summed E-state index contributed by atoms with van der Waals surface area (Å²) in [6, 6.07) is 5.19. The molecule has 1 aliphatic rings. The topological polar surface area (TPSA) is 63.5 Å². The average molecular weight is 373 g/mol. The van der Waals surface area contributed by atoms with Gasteiger partial charge in [0, 0.05) is 32.1 Å². The van der Waals surface area contributed by atoms with Gasteiger partial charge in [0.1, 0.15) is 11.6 Å². The van der Waals surface area contributed by atoms with Gasteiger partial charge in [-0.25, -0.2) is 14.4 Å². The second-order valence-corrected chi connectivity index (χ2v) is 7.08. The van der Waals surface area contributed by atoms with E-state index in [0.29, 0.717) is 24.7 Å². The van der Waals surface area contributed by atoms with Crippen molar-refractivity contribution in [3.05, 3.63) is 47.8 Å². The fourth-order valence-corrected chi connectivity index (χ4v) is 3.24. The van der Waals surface area contributed by atoms with Gasteiger partial charge in [0.25, 0.3) is 0 Å². The average Bonchev–Trinajstić information content (AvgIpc) is 3.26. The SMILES string of the molecule is CCNC(=NCc1ccc(-n2ccnc2C)c(F)c1)NCC1(C)CCCO1. The molecule has 0 saturated carbocycles. The molecule has 6 nitrogen and oxygen atoms in total. The van der Waals surface area contributed by atoms with Crippen LogP contribution in [0.2, 0.25) is 0 Å². The van der Waals surface area contributed by atoms with E-state index in [2.05, 4.69) is 27.5 Å². The third-order valence-electron chi connectivity index (χ3n) is 4.79. The van der Waals surface area contributed by atoms with Crippen LogP contribution in [0.25, 0.3) is 5.69 Å². The highest BCUT2D eigenvalue weighted by Gasteiger charge is 2.29. The Morgan fingerprint density at radius 2 is 2.26 bits per heavy atom. The lowest BCUT2D eigenvalue weighted by Crippen LogP contribution is -2.45. The number of hydrogen-bond acceptors (Lipinski definition) is 3. The Kier molecular flexibility index (Phi) is 6.11. The predicted octanol–water partition coefficient (Wildman–Crippen LogP) is 2.94. The highest BCUT2D eigenvalue weighted by atomic mass is 19.1. The van der Waals surface area contributed by atoms with Crippen molar-refractivity contribution < 1.29 is 9.13 Å². The molecule has 1 aromatic carbocycles. The molecule has 0 spiro atoms. The molecular weight excluding hydrogens is 345 g/mol. The summed E-state index contributed by atoms with van der Waals surface area (Å²) < 4.78 is 22.1. The third kappa shape index (κ3) is 4.86. The van der Waals surface area contributed by atoms with Crippen molar-refractivity contribution in [1.29, 1.82) is 0 Å². The lowest BCUT2D eigenvalue weighted by Gasteiger charge is -2.24. The number of halogens is 1. The number of imidazole rings is 1. The van der Waals surface area contributed by atoms with Crippen LogP contribution in [0, 0.1) is 12.7 Å². The molecule has 2 aromatic rings. The number of aliphatic imine (C=N–C) groups is 1. The predicted molar refractivity (Wildman–Crippen MR) is 105 cm³/mol. The van der Waals surface area contributed by atoms with Gasteiger partial charge in [0.05, 0.1) is 17.8 Å². The highest BCUT2D eigenvalue weighted by Crippen LogP contribution is 2.23. The standard InChI is InChI=1S/C20H28FN5O/c1-4-22-19(25-14-20(3)8-5-11-27-20)24-13-16-6-7-18(17(21)12-16)26-10-9-23-15(26)2/h6-7,9-10,12H,4-5,8,11,13-14H2,1-3H3,(H2,22,24,25). The van der Waals surface area contributed by atoms with E-state index in [9.17, 15) is 4.39 Å². The van der Waals surface area contributed by atoms with Crippen LogP contribution in [0.5, 0.6) is 0 Å². The Balaban J connectivity index is 1.66. The molecule has 0 bridgehead atoms. The first-order valence-electron chi connectivity index (χ1n) is 9.46. The summed E-state index contributed by atoms with van der Waals surface area (Å²) in [4.78, 5) is 8.72. The molecular formula is C20H28FN5O. The molecule has 2 N–H and O–H groups in total. The third-order valence-corrected chi connectivity index (χ3v) is 4.79. The Bertz CT molecular complexity index is 795. The summed E-state index contributed by atoms with van der Waals surface area (Å²) in [7, 11) is 0. The van der Waals surface area contributed by atoms with Crippen molar-refractivity contribution in [2.45, 2.75) is 45.8 Å². The summed E-state index contributed by atoms with van der Waals surface area (Å²) in [5, 5.41) is 6.56. The van der Waals surface area contributed by atoms with Gasteiger partial charge in [-0.15, -0.1) is 0 Å². The van der Waals surface area contributed by atoms with Gasteiger partial charge in [-0.2, -0.15) is 0 Å². The lowest BCUT2D eigenvalue weighted by molar-refractivity contribution is 0.0243. The molecule has 3 rings (SSSR count). The van der Waals surface area contributed by atoms with Crippen molar-refractivity contribution in [2.75, 3.05) is 19.7 Å². The van der Waals surface area contributed by atoms with E-state index in [1.807, 2.05) is 19.9 Å². The fraction of sp³-hybridized carbons (Fsp3) is 0.500. The van der Waals surface area contributed by atoms with Gasteiger partial charge < -0.3 is 19.9 Å². The van der Waals surface area contributed by atoms with Crippen LogP contribution in [-0.4, -0.2) is 40.8 Å². The first-order valence-corrected chi connectivity index (χ1v) is 9.46. The zero-order chi connectivity index (χ0) is 19.3. The van der Waals surface area contributed by atoms with Crippen LogP contribution in [0.3, 0.4) is 0 Å². The lowest BCUT2D eigenvalue weighted by atomic mass is 10.0. The quantitative estimate of drug-likeness (QED) is 0.604. The summed E-state index contributed by atoms with van der Waals surface area (Å²) in [5.41, 5.74) is 1.16. The number of hydrogen-bond donors (Lipinski definition) is 2. The summed E-state index contributed by atoms with van der Waals surface area (Å²) in [6.45, 7) is 8.65. The maximum absolute atomic E-state index is 14.5. The Morgan fingerprint density at radius 3 is 2.89 bits per heavy atom. The normalized spacial score (nSPS) is 20.1. The van der Waals surface area contributed by atoms with Crippen LogP contribution < -0.4 is 10.6 Å². The molecule has 1 aliphatic heterocycles. The van der Waals surface area contributed by atoms with Gasteiger partial charge in [-0.05, 0) is 51.3 Å². The zero-order valence-electron chi connectivity index (χ0n) is 16.3. The van der Waals surface area contributed by atoms with Gasteiger partial charge in [0.15, 0.2) is 5.96 Å². The van der Waals surface area contributed by atoms with E-state index in [-0.39, 0.29) is 11.4 Å². The van der Waals surface area contributed by atoms with E-state index in [0.717, 1.165) is 37.4 Å². The first kappa shape index (κ1) is 19.4. The smallest absolute Gasteiger partial charge is 0.191 e. The molecule has 1 fully saturated rings. The van der Waals surface area contributed by atoms with Crippen LogP contribution in [0.4, 0.5) is 4.39 Å². The minimum Gasteiger partial charge on any atom is -0.373 e. The number of ether oxygens (including phenoxy) is 1. The Labute approximate surface area is 159 Å². The Morgan fingerprint density at radius 1 is 1.41 bits per heavy atom. The second-order valence-electron chi connectivity index (χ2n) is 7.08. The zero-order valence-corrected chi connectivity index (χ0v) is 16.3. The van der Waals surface area contributed by atoms with Crippen molar-refractivity contribution in [3.8, 4) is 5.69 Å². The maximum atomic E-state index is 14.5. The Hall–Kier alpha value is -2.41. The van der Waals surface area contributed by atoms with Crippen LogP contribution in [0.1, 0.15) is 38.1 Å². The molecule has 1 aromatic heterocycles. The maximum Gasteiger partial charge on any atom is 0.191 e. The van der Waals surface area contributed by atoms with Crippen LogP contribution in [-0.2, 0) is 11.3 Å². The van der Waals surface area contributed by atoms with Crippen molar-refractivity contribution in [3.63, 3.8) is 0 Å². The molecule has 0 amide bonds. The molecule has 146 valence electrons. The monoisotopic (exact) mass is 373 g/mol. The van der Waals surface area contributed by atoms with Crippen LogP contribution >= 0.6 is 0 Å². The molecule has 1 unspecified atom stereocenters. The van der Waals surface area contributed by atoms with Gasteiger partial charge >= 0.3 is 0 Å².